The summed E-state index contributed by atoms with van der Waals surface area (Å²) in [5.74, 6) is 0.339. The van der Waals surface area contributed by atoms with Gasteiger partial charge in [0, 0.05) is 12.2 Å². The number of rotatable bonds is 8. The Bertz CT molecular complexity index is 424. The van der Waals surface area contributed by atoms with Crippen LogP contribution in [0.4, 0.5) is 4.39 Å². The Kier molecular flexibility index (Phi) is 6.73. The van der Waals surface area contributed by atoms with E-state index in [-0.39, 0.29) is 10.7 Å². The molecule has 0 fully saturated rings. The Morgan fingerprint density at radius 2 is 2.05 bits per heavy atom. The van der Waals surface area contributed by atoms with Crippen molar-refractivity contribution in [2.45, 2.75) is 20.3 Å². The van der Waals surface area contributed by atoms with Crippen LogP contribution in [0.1, 0.15) is 25.8 Å². The zero-order valence-electron chi connectivity index (χ0n) is 11.3. The van der Waals surface area contributed by atoms with E-state index < -0.39 is 5.82 Å². The first-order valence-corrected chi connectivity index (χ1v) is 6.71. The normalized spacial score (nSPS) is 10.7. The van der Waals surface area contributed by atoms with Crippen LogP contribution < -0.4 is 10.5 Å². The van der Waals surface area contributed by atoms with Crippen LogP contribution >= 0.6 is 12.2 Å². The summed E-state index contributed by atoms with van der Waals surface area (Å²) in [6, 6.07) is 4.44. The first kappa shape index (κ1) is 15.9. The molecular weight excluding hydrogens is 265 g/mol. The maximum absolute atomic E-state index is 13.6. The molecule has 1 aromatic rings. The fourth-order valence-electron chi connectivity index (χ4n) is 1.40. The van der Waals surface area contributed by atoms with E-state index in [1.165, 1.54) is 12.1 Å². The highest BCUT2D eigenvalue weighted by atomic mass is 32.1. The highest BCUT2D eigenvalue weighted by Gasteiger charge is 2.06. The van der Waals surface area contributed by atoms with Gasteiger partial charge in [-0.3, -0.25) is 0 Å². The van der Waals surface area contributed by atoms with Crippen LogP contribution in [0.2, 0.25) is 0 Å². The predicted molar refractivity (Wildman–Crippen MR) is 78.1 cm³/mol. The summed E-state index contributed by atoms with van der Waals surface area (Å²) in [4.78, 5) is 0.169. The van der Waals surface area contributed by atoms with Crippen LogP contribution in [0.3, 0.4) is 0 Å². The summed E-state index contributed by atoms with van der Waals surface area (Å²) >= 11 is 4.77. The first-order valence-electron chi connectivity index (χ1n) is 6.30. The van der Waals surface area contributed by atoms with Crippen molar-refractivity contribution in [3.63, 3.8) is 0 Å². The molecule has 1 aromatic carbocycles. The van der Waals surface area contributed by atoms with Crippen molar-refractivity contribution < 1.29 is 13.9 Å². The Hall–Kier alpha value is -1.20. The number of nitrogens with two attached hydrogens (primary N) is 1. The lowest BCUT2D eigenvalue weighted by Crippen LogP contribution is -2.11. The second-order valence-electron chi connectivity index (χ2n) is 4.65. The van der Waals surface area contributed by atoms with Gasteiger partial charge in [0.25, 0.3) is 0 Å². The molecule has 0 unspecified atom stereocenters. The van der Waals surface area contributed by atoms with Crippen LogP contribution in [0.5, 0.6) is 5.75 Å². The molecule has 0 saturated heterocycles. The number of ether oxygens (including phenoxy) is 2. The maximum Gasteiger partial charge on any atom is 0.165 e. The number of benzene rings is 1. The van der Waals surface area contributed by atoms with E-state index in [0.717, 1.165) is 6.42 Å². The molecule has 2 N–H and O–H groups in total. The molecule has 0 aliphatic rings. The summed E-state index contributed by atoms with van der Waals surface area (Å²) in [7, 11) is 0. The lowest BCUT2D eigenvalue weighted by Gasteiger charge is -2.09. The van der Waals surface area contributed by atoms with Crippen LogP contribution in [0.15, 0.2) is 18.2 Å². The molecular formula is C14H20FNO2S. The van der Waals surface area contributed by atoms with Gasteiger partial charge in [0.05, 0.1) is 6.61 Å². The molecule has 106 valence electrons. The van der Waals surface area contributed by atoms with Gasteiger partial charge in [0.1, 0.15) is 11.6 Å². The van der Waals surface area contributed by atoms with E-state index in [0.29, 0.717) is 31.3 Å². The van der Waals surface area contributed by atoms with Crippen molar-refractivity contribution in [3.8, 4) is 5.75 Å². The summed E-state index contributed by atoms with van der Waals surface area (Å²) in [5, 5.41) is 0. The smallest absolute Gasteiger partial charge is 0.165 e. The maximum atomic E-state index is 13.6. The molecule has 0 saturated carbocycles. The minimum atomic E-state index is -0.465. The summed E-state index contributed by atoms with van der Waals surface area (Å²) < 4.78 is 24.3. The van der Waals surface area contributed by atoms with E-state index in [4.69, 9.17) is 27.4 Å². The van der Waals surface area contributed by atoms with E-state index >= 15 is 0 Å². The van der Waals surface area contributed by atoms with Gasteiger partial charge in [-0.1, -0.05) is 26.1 Å². The zero-order chi connectivity index (χ0) is 14.3. The third-order valence-electron chi connectivity index (χ3n) is 2.54. The number of thiocarbonyl (C=S) groups is 1. The monoisotopic (exact) mass is 285 g/mol. The van der Waals surface area contributed by atoms with Gasteiger partial charge in [-0.2, -0.15) is 0 Å². The van der Waals surface area contributed by atoms with Crippen LogP contribution in [-0.4, -0.2) is 24.8 Å². The molecule has 3 nitrogen and oxygen atoms in total. The largest absolute Gasteiger partial charge is 0.488 e. The lowest BCUT2D eigenvalue weighted by molar-refractivity contribution is 0.0913. The number of hydrogen-bond donors (Lipinski definition) is 1. The van der Waals surface area contributed by atoms with Gasteiger partial charge >= 0.3 is 0 Å². The minimum absolute atomic E-state index is 0.169. The number of halogens is 1. The molecule has 0 aromatic heterocycles. The molecule has 0 aliphatic heterocycles. The van der Waals surface area contributed by atoms with Gasteiger partial charge < -0.3 is 15.2 Å². The third kappa shape index (κ3) is 5.98. The SMILES string of the molecule is CC(C)CCOCCOc1ccc(C(N)=S)cc1F. The summed E-state index contributed by atoms with van der Waals surface area (Å²) in [5.41, 5.74) is 5.91. The fraction of sp³-hybridized carbons (Fsp3) is 0.500. The van der Waals surface area contributed by atoms with Crippen molar-refractivity contribution in [2.75, 3.05) is 19.8 Å². The van der Waals surface area contributed by atoms with Crippen LogP contribution in [0, 0.1) is 11.7 Å². The van der Waals surface area contributed by atoms with Gasteiger partial charge in [0.15, 0.2) is 11.6 Å². The van der Waals surface area contributed by atoms with Gasteiger partial charge in [-0.25, -0.2) is 4.39 Å². The van der Waals surface area contributed by atoms with E-state index in [1.54, 1.807) is 6.07 Å². The van der Waals surface area contributed by atoms with Crippen LogP contribution in [0.25, 0.3) is 0 Å². The topological polar surface area (TPSA) is 44.5 Å². The van der Waals surface area contributed by atoms with Crippen molar-refractivity contribution in [1.29, 1.82) is 0 Å². The highest BCUT2D eigenvalue weighted by molar-refractivity contribution is 7.80. The highest BCUT2D eigenvalue weighted by Crippen LogP contribution is 2.18. The van der Waals surface area contributed by atoms with Gasteiger partial charge in [0.2, 0.25) is 0 Å². The van der Waals surface area contributed by atoms with Gasteiger partial charge in [-0.05, 0) is 30.5 Å². The molecule has 0 aliphatic carbocycles. The Balaban J connectivity index is 2.32. The summed E-state index contributed by atoms with van der Waals surface area (Å²) in [6.07, 6.45) is 1.01. The Morgan fingerprint density at radius 3 is 2.63 bits per heavy atom. The average Bonchev–Trinajstić information content (AvgIpc) is 2.34. The average molecular weight is 285 g/mol. The third-order valence-corrected chi connectivity index (χ3v) is 2.78. The Labute approximate surface area is 118 Å². The quantitative estimate of drug-likeness (QED) is 0.589. The van der Waals surface area contributed by atoms with Crippen molar-refractivity contribution >= 4 is 17.2 Å². The molecule has 0 atom stereocenters. The van der Waals surface area contributed by atoms with Crippen LogP contribution in [-0.2, 0) is 4.74 Å². The molecule has 5 heteroatoms. The lowest BCUT2D eigenvalue weighted by atomic mass is 10.1. The molecule has 0 amide bonds. The van der Waals surface area contributed by atoms with Crippen molar-refractivity contribution in [1.82, 2.24) is 0 Å². The zero-order valence-corrected chi connectivity index (χ0v) is 12.1. The molecule has 19 heavy (non-hydrogen) atoms. The van der Waals surface area contributed by atoms with Crippen molar-refractivity contribution in [2.24, 2.45) is 11.7 Å². The van der Waals surface area contributed by atoms with Gasteiger partial charge in [-0.15, -0.1) is 0 Å². The standard InChI is InChI=1S/C14H20FNO2S/c1-10(2)5-6-17-7-8-18-13-4-3-11(14(16)19)9-12(13)15/h3-4,9-10H,5-8H2,1-2H3,(H2,16,19). The summed E-state index contributed by atoms with van der Waals surface area (Å²) in [6.45, 7) is 5.74. The minimum Gasteiger partial charge on any atom is -0.488 e. The predicted octanol–water partition coefficient (Wildman–Crippen LogP) is 2.90. The molecule has 1 rings (SSSR count). The first-order chi connectivity index (χ1) is 9.00. The second kappa shape index (κ2) is 8.07. The van der Waals surface area contributed by atoms with E-state index in [2.05, 4.69) is 13.8 Å². The van der Waals surface area contributed by atoms with E-state index in [1.807, 2.05) is 0 Å². The van der Waals surface area contributed by atoms with Crippen molar-refractivity contribution in [3.05, 3.63) is 29.6 Å². The fourth-order valence-corrected chi connectivity index (χ4v) is 1.53. The second-order valence-corrected chi connectivity index (χ2v) is 5.09. The molecule has 0 heterocycles. The molecule has 0 bridgehead atoms. The van der Waals surface area contributed by atoms with E-state index in [9.17, 15) is 4.39 Å². The molecule has 0 spiro atoms. The number of hydrogen-bond acceptors (Lipinski definition) is 3. The Morgan fingerprint density at radius 1 is 1.32 bits per heavy atom. The molecule has 0 radical (unpaired) electrons.